The van der Waals surface area contributed by atoms with Gasteiger partial charge in [-0.25, -0.2) is 0 Å². The number of anilines is 1. The SMILES string of the molecule is CCOc1cc2c(cc1C(=O)NC)C(=N)N(CC(=O)c1cc3c(c(C(C)(C)C)c1)OCCN3CCC(=O)O)C2. The van der Waals surface area contributed by atoms with E-state index in [0.29, 0.717) is 61.0 Å². The maximum Gasteiger partial charge on any atom is 0.305 e. The van der Waals surface area contributed by atoms with E-state index in [-0.39, 0.29) is 35.9 Å². The molecule has 2 aromatic carbocycles. The molecular weight excluding hydrogens is 500 g/mol. The third-order valence-corrected chi connectivity index (χ3v) is 6.99. The minimum Gasteiger partial charge on any atom is -0.493 e. The molecule has 0 aliphatic carbocycles. The molecule has 0 fully saturated rings. The Labute approximate surface area is 228 Å². The number of Topliss-reactive ketones (excluding diaryl/α,β-unsaturated/α-hetero) is 1. The standard InChI is InChI=1S/C29H36N4O6/c1-6-38-24-13-18-15-33(27(30)19(18)14-20(24)28(37)31-5)16-23(34)17-11-21(29(2,3)4)26-22(12-17)32(9-10-39-26)8-7-25(35)36/h11-14,30H,6-10,15-16H2,1-5H3,(H,31,37)(H,35,36). The zero-order valence-electron chi connectivity index (χ0n) is 23.1. The fourth-order valence-electron chi connectivity index (χ4n) is 4.97. The summed E-state index contributed by atoms with van der Waals surface area (Å²) < 4.78 is 11.7. The fourth-order valence-corrected chi connectivity index (χ4v) is 4.97. The number of carboxylic acid groups (broad SMARTS) is 1. The minimum atomic E-state index is -0.884. The van der Waals surface area contributed by atoms with Crippen molar-refractivity contribution in [2.75, 3.05) is 44.8 Å². The Morgan fingerprint density at radius 3 is 2.54 bits per heavy atom. The van der Waals surface area contributed by atoms with Gasteiger partial charge in [0.2, 0.25) is 0 Å². The normalized spacial score (nSPS) is 14.4. The molecule has 3 N–H and O–H groups in total. The van der Waals surface area contributed by atoms with E-state index in [0.717, 1.165) is 16.8 Å². The summed E-state index contributed by atoms with van der Waals surface area (Å²) in [5, 5.41) is 20.6. The van der Waals surface area contributed by atoms with Crippen LogP contribution in [0.15, 0.2) is 24.3 Å². The van der Waals surface area contributed by atoms with Crippen LogP contribution in [0.2, 0.25) is 0 Å². The zero-order valence-corrected chi connectivity index (χ0v) is 23.1. The number of nitrogens with zero attached hydrogens (tertiary/aromatic N) is 2. The zero-order chi connectivity index (χ0) is 28.5. The Kier molecular flexibility index (Phi) is 7.85. The Morgan fingerprint density at radius 1 is 1.15 bits per heavy atom. The number of ether oxygens (including phenoxy) is 2. The summed E-state index contributed by atoms with van der Waals surface area (Å²) >= 11 is 0. The molecule has 10 nitrogen and oxygen atoms in total. The van der Waals surface area contributed by atoms with Gasteiger partial charge in [0, 0.05) is 36.8 Å². The summed E-state index contributed by atoms with van der Waals surface area (Å²) in [4.78, 5) is 41.0. The topological polar surface area (TPSA) is 132 Å². The maximum atomic E-state index is 13.6. The van der Waals surface area contributed by atoms with Gasteiger partial charge in [0.15, 0.2) is 5.78 Å². The molecule has 2 aliphatic heterocycles. The average Bonchev–Trinajstić information content (AvgIpc) is 3.19. The third kappa shape index (κ3) is 5.69. The van der Waals surface area contributed by atoms with Crippen LogP contribution in [-0.4, -0.2) is 73.4 Å². The average molecular weight is 537 g/mol. The second kappa shape index (κ2) is 11.0. The number of hydrogen-bond acceptors (Lipinski definition) is 7. The Balaban J connectivity index is 1.64. The van der Waals surface area contributed by atoms with Crippen LogP contribution in [0.3, 0.4) is 0 Å². The summed E-state index contributed by atoms with van der Waals surface area (Å²) in [5.41, 5.74) is 3.51. The van der Waals surface area contributed by atoms with Crippen molar-refractivity contribution in [3.8, 4) is 11.5 Å². The van der Waals surface area contributed by atoms with Gasteiger partial charge in [-0.2, -0.15) is 0 Å². The van der Waals surface area contributed by atoms with Gasteiger partial charge in [0.1, 0.15) is 23.9 Å². The van der Waals surface area contributed by atoms with Gasteiger partial charge in [-0.3, -0.25) is 19.8 Å². The highest BCUT2D eigenvalue weighted by atomic mass is 16.5. The Morgan fingerprint density at radius 2 is 1.90 bits per heavy atom. The van der Waals surface area contributed by atoms with Crippen LogP contribution in [0.5, 0.6) is 11.5 Å². The largest absolute Gasteiger partial charge is 0.493 e. The van der Waals surface area contributed by atoms with E-state index in [1.165, 1.54) is 0 Å². The van der Waals surface area contributed by atoms with Crippen molar-refractivity contribution in [2.24, 2.45) is 0 Å². The Hall–Kier alpha value is -4.08. The van der Waals surface area contributed by atoms with Gasteiger partial charge >= 0.3 is 5.97 Å². The first-order valence-corrected chi connectivity index (χ1v) is 13.1. The summed E-state index contributed by atoms with van der Waals surface area (Å²) in [6.45, 7) is 9.97. The number of hydrogen-bond donors (Lipinski definition) is 3. The van der Waals surface area contributed by atoms with Crippen LogP contribution < -0.4 is 19.7 Å². The summed E-state index contributed by atoms with van der Waals surface area (Å²) in [5.74, 6) is -0.0506. The van der Waals surface area contributed by atoms with Crippen molar-refractivity contribution < 1.29 is 29.0 Å². The number of aliphatic carboxylic acids is 1. The molecular formula is C29H36N4O6. The van der Waals surface area contributed by atoms with E-state index in [9.17, 15) is 19.5 Å². The number of carbonyl (C=O) groups excluding carboxylic acids is 2. The fraction of sp³-hybridized carbons (Fsp3) is 0.448. The molecule has 0 spiro atoms. The van der Waals surface area contributed by atoms with Gasteiger partial charge in [-0.1, -0.05) is 20.8 Å². The number of carboxylic acids is 1. The number of benzene rings is 2. The summed E-state index contributed by atoms with van der Waals surface area (Å²) in [7, 11) is 1.54. The van der Waals surface area contributed by atoms with Crippen LogP contribution in [-0.2, 0) is 16.8 Å². The molecule has 0 bridgehead atoms. The molecule has 10 heteroatoms. The van der Waals surface area contributed by atoms with Crippen LogP contribution >= 0.6 is 0 Å². The van der Waals surface area contributed by atoms with E-state index in [1.807, 2.05) is 38.7 Å². The highest BCUT2D eigenvalue weighted by Gasteiger charge is 2.32. The maximum absolute atomic E-state index is 13.6. The van der Waals surface area contributed by atoms with Gasteiger partial charge in [-0.05, 0) is 42.2 Å². The van der Waals surface area contributed by atoms with Crippen LogP contribution in [0.25, 0.3) is 0 Å². The predicted molar refractivity (Wildman–Crippen MR) is 148 cm³/mol. The molecule has 2 aromatic rings. The molecule has 39 heavy (non-hydrogen) atoms. The number of fused-ring (bicyclic) bond motifs is 2. The number of carbonyl (C=O) groups is 3. The minimum absolute atomic E-state index is 0.0204. The van der Waals surface area contributed by atoms with Crippen LogP contribution in [0.1, 0.15) is 71.5 Å². The van der Waals surface area contributed by atoms with Crippen molar-refractivity contribution in [3.63, 3.8) is 0 Å². The highest BCUT2D eigenvalue weighted by molar-refractivity contribution is 6.08. The van der Waals surface area contributed by atoms with Gasteiger partial charge in [0.25, 0.3) is 5.91 Å². The lowest BCUT2D eigenvalue weighted by Crippen LogP contribution is -2.36. The lowest BCUT2D eigenvalue weighted by Gasteiger charge is -2.35. The predicted octanol–water partition coefficient (Wildman–Crippen LogP) is 3.44. The second-order valence-electron chi connectivity index (χ2n) is 10.7. The molecule has 208 valence electrons. The van der Waals surface area contributed by atoms with E-state index < -0.39 is 5.97 Å². The number of rotatable bonds is 9. The molecule has 0 aromatic heterocycles. The molecule has 0 saturated heterocycles. The molecule has 0 saturated carbocycles. The van der Waals surface area contributed by atoms with E-state index in [1.54, 1.807) is 30.1 Å². The smallest absolute Gasteiger partial charge is 0.305 e. The second-order valence-corrected chi connectivity index (χ2v) is 10.7. The lowest BCUT2D eigenvalue weighted by molar-refractivity contribution is -0.136. The van der Waals surface area contributed by atoms with E-state index in [4.69, 9.17) is 14.9 Å². The lowest BCUT2D eigenvalue weighted by atomic mass is 9.84. The number of nitrogens with one attached hydrogen (secondary N) is 2. The third-order valence-electron chi connectivity index (χ3n) is 6.99. The molecule has 1 amide bonds. The molecule has 2 aliphatic rings. The van der Waals surface area contributed by atoms with Crippen LogP contribution in [0.4, 0.5) is 5.69 Å². The van der Waals surface area contributed by atoms with Gasteiger partial charge in [-0.15, -0.1) is 0 Å². The quantitative estimate of drug-likeness (QED) is 0.415. The number of amides is 1. The van der Waals surface area contributed by atoms with E-state index in [2.05, 4.69) is 5.32 Å². The summed E-state index contributed by atoms with van der Waals surface area (Å²) in [6.07, 6.45) is -0.0204. The van der Waals surface area contributed by atoms with Crippen molar-refractivity contribution >= 4 is 29.2 Å². The molecule has 0 unspecified atom stereocenters. The van der Waals surface area contributed by atoms with Crippen molar-refractivity contribution in [1.82, 2.24) is 10.2 Å². The van der Waals surface area contributed by atoms with Crippen molar-refractivity contribution in [3.05, 3.63) is 52.1 Å². The first-order chi connectivity index (χ1) is 18.4. The Bertz CT molecular complexity index is 1330. The first kappa shape index (κ1) is 27.9. The number of amidine groups is 1. The number of ketones is 1. The molecule has 0 radical (unpaired) electrons. The first-order valence-electron chi connectivity index (χ1n) is 13.1. The molecule has 2 heterocycles. The van der Waals surface area contributed by atoms with Crippen LogP contribution in [0, 0.1) is 5.41 Å². The van der Waals surface area contributed by atoms with E-state index >= 15 is 0 Å². The highest BCUT2D eigenvalue weighted by Crippen LogP contribution is 2.42. The molecule has 4 rings (SSSR count). The van der Waals surface area contributed by atoms with Gasteiger partial charge < -0.3 is 29.7 Å². The summed E-state index contributed by atoms with van der Waals surface area (Å²) in [6, 6.07) is 7.06. The molecule has 0 atom stereocenters. The van der Waals surface area contributed by atoms with Crippen molar-refractivity contribution in [2.45, 2.75) is 46.1 Å². The monoisotopic (exact) mass is 536 g/mol. The van der Waals surface area contributed by atoms with Gasteiger partial charge in [0.05, 0.1) is 37.4 Å². The van der Waals surface area contributed by atoms with Crippen molar-refractivity contribution in [1.29, 1.82) is 5.41 Å².